The highest BCUT2D eigenvalue weighted by atomic mass is 15.1. The topological polar surface area (TPSA) is 45.0 Å². The predicted molar refractivity (Wildman–Crippen MR) is 70.7 cm³/mol. The van der Waals surface area contributed by atoms with Gasteiger partial charge in [-0.25, -0.2) is 0 Å². The smallest absolute Gasteiger partial charge is 0.0749 e. The van der Waals surface area contributed by atoms with Crippen molar-refractivity contribution in [2.24, 2.45) is 5.73 Å². The van der Waals surface area contributed by atoms with Gasteiger partial charge in [0.2, 0.25) is 0 Å². The molecule has 90 valence electrons. The van der Waals surface area contributed by atoms with Crippen LogP contribution in [0.5, 0.6) is 0 Å². The monoisotopic (exact) mass is 229 g/mol. The van der Waals surface area contributed by atoms with Gasteiger partial charge in [0.15, 0.2) is 0 Å². The molecule has 0 saturated heterocycles. The van der Waals surface area contributed by atoms with Crippen molar-refractivity contribution < 1.29 is 0 Å². The van der Waals surface area contributed by atoms with Crippen LogP contribution in [0.3, 0.4) is 0 Å². The lowest BCUT2D eigenvalue weighted by Crippen LogP contribution is -2.21. The van der Waals surface area contributed by atoms with E-state index in [1.165, 1.54) is 11.3 Å². The van der Waals surface area contributed by atoms with E-state index in [0.717, 1.165) is 5.56 Å². The second kappa shape index (κ2) is 5.17. The van der Waals surface area contributed by atoms with E-state index in [9.17, 15) is 0 Å². The number of H-pyrrole nitrogens is 1. The summed E-state index contributed by atoms with van der Waals surface area (Å²) >= 11 is 0. The number of nitrogens with zero attached hydrogens (tertiary/aromatic N) is 1. The highest BCUT2D eigenvalue weighted by Gasteiger charge is 2.16. The summed E-state index contributed by atoms with van der Waals surface area (Å²) < 4.78 is 0. The maximum Gasteiger partial charge on any atom is 0.0749 e. The van der Waals surface area contributed by atoms with Crippen LogP contribution in [-0.4, -0.2) is 24.0 Å². The molecule has 1 aromatic heterocycles. The molecular weight excluding hydrogens is 210 g/mol. The first-order valence-electron chi connectivity index (χ1n) is 5.81. The van der Waals surface area contributed by atoms with Gasteiger partial charge in [-0.3, -0.25) is 4.90 Å². The number of hydrogen-bond acceptors (Lipinski definition) is 2. The Labute approximate surface area is 102 Å². The number of rotatable bonds is 4. The number of aromatic amines is 1. The summed E-state index contributed by atoms with van der Waals surface area (Å²) in [4.78, 5) is 5.48. The zero-order chi connectivity index (χ0) is 12.3. The number of nitrogens with two attached hydrogens (primary N) is 1. The minimum absolute atomic E-state index is 0.261. The lowest BCUT2D eigenvalue weighted by molar-refractivity contribution is 0.337. The molecule has 2 rings (SSSR count). The van der Waals surface area contributed by atoms with Crippen LogP contribution < -0.4 is 5.73 Å². The third-order valence-corrected chi connectivity index (χ3v) is 2.96. The molecule has 0 radical (unpaired) electrons. The maximum atomic E-state index is 5.61. The second-order valence-electron chi connectivity index (χ2n) is 4.44. The number of aromatic nitrogens is 1. The van der Waals surface area contributed by atoms with Crippen molar-refractivity contribution in [3.63, 3.8) is 0 Å². The first-order valence-corrected chi connectivity index (χ1v) is 5.81. The summed E-state index contributed by atoms with van der Waals surface area (Å²) in [5.41, 5.74) is 9.26. The van der Waals surface area contributed by atoms with Gasteiger partial charge in [-0.15, -0.1) is 0 Å². The zero-order valence-corrected chi connectivity index (χ0v) is 10.4. The van der Waals surface area contributed by atoms with E-state index in [1.807, 2.05) is 12.3 Å². The van der Waals surface area contributed by atoms with Crippen LogP contribution >= 0.6 is 0 Å². The summed E-state index contributed by atoms with van der Waals surface area (Å²) in [5.74, 6) is 0. The molecule has 0 fully saturated rings. The van der Waals surface area contributed by atoms with E-state index in [0.29, 0.717) is 6.54 Å². The normalized spacial score (nSPS) is 12.9. The van der Waals surface area contributed by atoms with Crippen molar-refractivity contribution >= 4 is 0 Å². The van der Waals surface area contributed by atoms with Gasteiger partial charge in [0.05, 0.1) is 6.04 Å². The summed E-state index contributed by atoms with van der Waals surface area (Å²) in [5, 5.41) is 0. The van der Waals surface area contributed by atoms with Gasteiger partial charge >= 0.3 is 0 Å². The Morgan fingerprint density at radius 1 is 1.18 bits per heavy atom. The van der Waals surface area contributed by atoms with E-state index in [4.69, 9.17) is 5.73 Å². The standard InChI is InChI=1S/C14H19N3/c1-17(2)14(13-4-3-9-16-13)12-7-5-11(10-15)6-8-12/h3-9,14,16H,10,15H2,1-2H3. The Bertz CT molecular complexity index is 443. The Morgan fingerprint density at radius 2 is 1.88 bits per heavy atom. The third-order valence-electron chi connectivity index (χ3n) is 2.96. The van der Waals surface area contributed by atoms with Crippen LogP contribution in [-0.2, 0) is 6.54 Å². The van der Waals surface area contributed by atoms with E-state index >= 15 is 0 Å². The lowest BCUT2D eigenvalue weighted by Gasteiger charge is -2.24. The van der Waals surface area contributed by atoms with Gasteiger partial charge in [-0.05, 0) is 37.4 Å². The largest absolute Gasteiger partial charge is 0.363 e. The van der Waals surface area contributed by atoms with Crippen LogP contribution in [0.4, 0.5) is 0 Å². The molecule has 2 aromatic rings. The zero-order valence-electron chi connectivity index (χ0n) is 10.4. The SMILES string of the molecule is CN(C)C(c1ccc(CN)cc1)c1ccc[nH]1. The summed E-state index contributed by atoms with van der Waals surface area (Å²) in [6.07, 6.45) is 1.96. The van der Waals surface area contributed by atoms with E-state index in [-0.39, 0.29) is 6.04 Å². The van der Waals surface area contributed by atoms with Crippen molar-refractivity contribution in [3.8, 4) is 0 Å². The average molecular weight is 229 g/mol. The van der Waals surface area contributed by atoms with Crippen LogP contribution in [0.15, 0.2) is 42.6 Å². The summed E-state index contributed by atoms with van der Waals surface area (Å²) in [6, 6.07) is 12.9. The van der Waals surface area contributed by atoms with E-state index in [1.54, 1.807) is 0 Å². The van der Waals surface area contributed by atoms with Crippen molar-refractivity contribution in [1.29, 1.82) is 0 Å². The van der Waals surface area contributed by atoms with E-state index in [2.05, 4.69) is 54.3 Å². The van der Waals surface area contributed by atoms with Crippen LogP contribution in [0.25, 0.3) is 0 Å². The first-order chi connectivity index (χ1) is 8.22. The molecule has 0 aliphatic heterocycles. The Morgan fingerprint density at radius 3 is 2.35 bits per heavy atom. The third kappa shape index (κ3) is 2.57. The molecule has 0 saturated carbocycles. The Hall–Kier alpha value is -1.58. The molecule has 3 N–H and O–H groups in total. The number of hydrogen-bond donors (Lipinski definition) is 2. The molecule has 1 heterocycles. The Balaban J connectivity index is 2.33. The minimum Gasteiger partial charge on any atom is -0.363 e. The fourth-order valence-electron chi connectivity index (χ4n) is 2.11. The molecule has 3 nitrogen and oxygen atoms in total. The van der Waals surface area contributed by atoms with Crippen LogP contribution in [0, 0.1) is 0 Å². The fraction of sp³-hybridized carbons (Fsp3) is 0.286. The number of benzene rings is 1. The quantitative estimate of drug-likeness (QED) is 0.843. The lowest BCUT2D eigenvalue weighted by atomic mass is 10.0. The molecule has 0 bridgehead atoms. The molecule has 17 heavy (non-hydrogen) atoms. The maximum absolute atomic E-state index is 5.61. The van der Waals surface area contributed by atoms with Crippen LogP contribution in [0.1, 0.15) is 22.9 Å². The second-order valence-corrected chi connectivity index (χ2v) is 4.44. The number of nitrogens with one attached hydrogen (secondary N) is 1. The van der Waals surface area contributed by atoms with Crippen molar-refractivity contribution in [2.45, 2.75) is 12.6 Å². The average Bonchev–Trinajstić information content (AvgIpc) is 2.83. The fourth-order valence-corrected chi connectivity index (χ4v) is 2.11. The molecule has 0 aliphatic rings. The molecular formula is C14H19N3. The first kappa shape index (κ1) is 11.9. The van der Waals surface area contributed by atoms with Gasteiger partial charge < -0.3 is 10.7 Å². The highest BCUT2D eigenvalue weighted by molar-refractivity contribution is 5.30. The van der Waals surface area contributed by atoms with Gasteiger partial charge in [-0.1, -0.05) is 24.3 Å². The molecule has 0 aliphatic carbocycles. The summed E-state index contributed by atoms with van der Waals surface area (Å²) in [7, 11) is 4.17. The predicted octanol–water partition coefficient (Wildman–Crippen LogP) is 2.12. The highest BCUT2D eigenvalue weighted by Crippen LogP contribution is 2.25. The molecule has 1 atom stereocenters. The molecule has 1 aromatic carbocycles. The van der Waals surface area contributed by atoms with Gasteiger partial charge in [0.1, 0.15) is 0 Å². The minimum atomic E-state index is 0.261. The molecule has 0 spiro atoms. The van der Waals surface area contributed by atoms with Gasteiger partial charge in [-0.2, -0.15) is 0 Å². The van der Waals surface area contributed by atoms with Crippen LogP contribution in [0.2, 0.25) is 0 Å². The van der Waals surface area contributed by atoms with Gasteiger partial charge in [0, 0.05) is 18.4 Å². The molecule has 3 heteroatoms. The van der Waals surface area contributed by atoms with Crippen molar-refractivity contribution in [1.82, 2.24) is 9.88 Å². The van der Waals surface area contributed by atoms with Crippen molar-refractivity contribution in [2.75, 3.05) is 14.1 Å². The van der Waals surface area contributed by atoms with Crippen molar-refractivity contribution in [3.05, 3.63) is 59.4 Å². The summed E-state index contributed by atoms with van der Waals surface area (Å²) in [6.45, 7) is 0.593. The Kier molecular flexibility index (Phi) is 3.61. The van der Waals surface area contributed by atoms with Gasteiger partial charge in [0.25, 0.3) is 0 Å². The molecule has 1 unspecified atom stereocenters. The molecule has 0 amide bonds. The van der Waals surface area contributed by atoms with E-state index < -0.39 is 0 Å².